The number of carbonyl (C=O) groups is 1. The standard InChI is InChI=1S/C15H19N3O3/c19-15(17-10-8-13-4-2-9-16-13)7-6-12-3-1-5-14(11-12)18(20)21/h1,3,5-7,11,13,16H,2,4,8-10H2,(H,17,19)/b7-6+/t13-/m1/s1. The van der Waals surface area contributed by atoms with Gasteiger partial charge in [-0.25, -0.2) is 0 Å². The van der Waals surface area contributed by atoms with Gasteiger partial charge in [-0.15, -0.1) is 0 Å². The summed E-state index contributed by atoms with van der Waals surface area (Å²) in [6.45, 7) is 1.70. The summed E-state index contributed by atoms with van der Waals surface area (Å²) in [5.41, 5.74) is 0.654. The first kappa shape index (κ1) is 15.2. The molecule has 1 aromatic rings. The highest BCUT2D eigenvalue weighted by molar-refractivity contribution is 5.91. The molecule has 1 aromatic carbocycles. The Morgan fingerprint density at radius 1 is 1.52 bits per heavy atom. The lowest BCUT2D eigenvalue weighted by Crippen LogP contribution is -2.29. The van der Waals surface area contributed by atoms with E-state index in [-0.39, 0.29) is 11.6 Å². The van der Waals surface area contributed by atoms with E-state index in [0.717, 1.165) is 13.0 Å². The normalized spacial score (nSPS) is 18.0. The van der Waals surface area contributed by atoms with Crippen LogP contribution < -0.4 is 10.6 Å². The third kappa shape index (κ3) is 5.00. The van der Waals surface area contributed by atoms with Crippen molar-refractivity contribution >= 4 is 17.7 Å². The fourth-order valence-electron chi connectivity index (χ4n) is 2.35. The monoisotopic (exact) mass is 289 g/mol. The van der Waals surface area contributed by atoms with Crippen LogP contribution in [0.1, 0.15) is 24.8 Å². The molecule has 0 unspecified atom stereocenters. The minimum absolute atomic E-state index is 0.0184. The van der Waals surface area contributed by atoms with Crippen molar-refractivity contribution in [2.75, 3.05) is 13.1 Å². The second-order valence-corrected chi connectivity index (χ2v) is 5.06. The number of nitrogens with zero attached hydrogens (tertiary/aromatic N) is 1. The fraction of sp³-hybridized carbons (Fsp3) is 0.400. The molecule has 1 fully saturated rings. The molecule has 1 aliphatic rings. The van der Waals surface area contributed by atoms with E-state index in [1.807, 2.05) is 0 Å². The van der Waals surface area contributed by atoms with Crippen LogP contribution in [0, 0.1) is 10.1 Å². The van der Waals surface area contributed by atoms with Crippen molar-refractivity contribution in [1.29, 1.82) is 0 Å². The molecule has 21 heavy (non-hydrogen) atoms. The summed E-state index contributed by atoms with van der Waals surface area (Å²) in [5.74, 6) is -0.181. The van der Waals surface area contributed by atoms with Crippen molar-refractivity contribution in [2.45, 2.75) is 25.3 Å². The zero-order valence-corrected chi connectivity index (χ0v) is 11.7. The summed E-state index contributed by atoms with van der Waals surface area (Å²) >= 11 is 0. The second kappa shape index (κ2) is 7.54. The highest BCUT2D eigenvalue weighted by Crippen LogP contribution is 2.14. The number of amides is 1. The molecule has 2 rings (SSSR count). The van der Waals surface area contributed by atoms with Crippen LogP contribution in [0.25, 0.3) is 6.08 Å². The zero-order valence-electron chi connectivity index (χ0n) is 11.7. The molecule has 1 heterocycles. The highest BCUT2D eigenvalue weighted by Gasteiger charge is 2.13. The molecule has 6 heteroatoms. The van der Waals surface area contributed by atoms with Crippen molar-refractivity contribution in [1.82, 2.24) is 10.6 Å². The van der Waals surface area contributed by atoms with Gasteiger partial charge in [0.2, 0.25) is 5.91 Å². The Balaban J connectivity index is 1.78. The molecular formula is C15H19N3O3. The lowest BCUT2D eigenvalue weighted by Gasteiger charge is -2.09. The van der Waals surface area contributed by atoms with Gasteiger partial charge in [0.15, 0.2) is 0 Å². The van der Waals surface area contributed by atoms with Crippen LogP contribution in [0.15, 0.2) is 30.3 Å². The first-order chi connectivity index (χ1) is 10.1. The minimum atomic E-state index is -0.452. The maximum absolute atomic E-state index is 11.7. The summed E-state index contributed by atoms with van der Waals surface area (Å²) in [7, 11) is 0. The molecule has 1 atom stereocenters. The van der Waals surface area contributed by atoms with E-state index in [4.69, 9.17) is 0 Å². The van der Waals surface area contributed by atoms with Crippen molar-refractivity contribution in [3.8, 4) is 0 Å². The third-order valence-corrected chi connectivity index (χ3v) is 3.46. The zero-order chi connectivity index (χ0) is 15.1. The summed E-state index contributed by atoms with van der Waals surface area (Å²) in [6.07, 6.45) is 6.28. The van der Waals surface area contributed by atoms with E-state index >= 15 is 0 Å². The van der Waals surface area contributed by atoms with Gasteiger partial charge in [-0.3, -0.25) is 14.9 Å². The molecular weight excluding hydrogens is 270 g/mol. The number of non-ortho nitro benzene ring substituents is 1. The average Bonchev–Trinajstić information content (AvgIpc) is 2.99. The topological polar surface area (TPSA) is 84.3 Å². The van der Waals surface area contributed by atoms with E-state index in [1.54, 1.807) is 18.2 Å². The number of hydrogen-bond acceptors (Lipinski definition) is 4. The van der Waals surface area contributed by atoms with Crippen LogP contribution in [-0.4, -0.2) is 30.0 Å². The number of nitro benzene ring substituents is 1. The van der Waals surface area contributed by atoms with E-state index < -0.39 is 4.92 Å². The molecule has 2 N–H and O–H groups in total. The number of nitro groups is 1. The number of carbonyl (C=O) groups excluding carboxylic acids is 1. The Hall–Kier alpha value is -2.21. The summed E-state index contributed by atoms with van der Waals surface area (Å²) in [4.78, 5) is 21.9. The number of benzene rings is 1. The van der Waals surface area contributed by atoms with E-state index in [2.05, 4.69) is 10.6 Å². The van der Waals surface area contributed by atoms with Crippen LogP contribution in [0.4, 0.5) is 5.69 Å². The predicted octanol–water partition coefficient (Wildman–Crippen LogP) is 1.87. The maximum Gasteiger partial charge on any atom is 0.270 e. The van der Waals surface area contributed by atoms with Crippen molar-refractivity contribution < 1.29 is 9.72 Å². The molecule has 112 valence electrons. The molecule has 0 bridgehead atoms. The Morgan fingerprint density at radius 3 is 3.10 bits per heavy atom. The van der Waals surface area contributed by atoms with Crippen molar-refractivity contribution in [2.24, 2.45) is 0 Å². The van der Waals surface area contributed by atoms with Gasteiger partial charge in [0.25, 0.3) is 5.69 Å². The highest BCUT2D eigenvalue weighted by atomic mass is 16.6. The van der Waals surface area contributed by atoms with Crippen LogP contribution >= 0.6 is 0 Å². The largest absolute Gasteiger partial charge is 0.352 e. The van der Waals surface area contributed by atoms with Gasteiger partial charge in [-0.1, -0.05) is 12.1 Å². The SMILES string of the molecule is O=C(/C=C/c1cccc([N+](=O)[O-])c1)NCC[C@H]1CCCN1. The first-order valence-electron chi connectivity index (χ1n) is 7.09. The van der Waals surface area contributed by atoms with E-state index in [1.165, 1.54) is 31.1 Å². The van der Waals surface area contributed by atoms with Crippen LogP contribution in [0.3, 0.4) is 0 Å². The molecule has 0 spiro atoms. The Bertz CT molecular complexity index is 537. The molecule has 1 amide bonds. The lowest BCUT2D eigenvalue weighted by atomic mass is 10.1. The van der Waals surface area contributed by atoms with E-state index in [9.17, 15) is 14.9 Å². The van der Waals surface area contributed by atoms with Gasteiger partial charge >= 0.3 is 0 Å². The summed E-state index contributed by atoms with van der Waals surface area (Å²) in [5, 5.41) is 16.8. The summed E-state index contributed by atoms with van der Waals surface area (Å²) < 4.78 is 0. The molecule has 0 saturated carbocycles. The van der Waals surface area contributed by atoms with Crippen molar-refractivity contribution in [3.63, 3.8) is 0 Å². The smallest absolute Gasteiger partial charge is 0.270 e. The summed E-state index contributed by atoms with van der Waals surface area (Å²) in [6, 6.07) is 6.69. The Morgan fingerprint density at radius 2 is 2.38 bits per heavy atom. The third-order valence-electron chi connectivity index (χ3n) is 3.46. The number of rotatable bonds is 6. The number of nitrogens with one attached hydrogen (secondary N) is 2. The van der Waals surface area contributed by atoms with Gasteiger partial charge in [0.1, 0.15) is 0 Å². The van der Waals surface area contributed by atoms with Gasteiger partial charge < -0.3 is 10.6 Å². The lowest BCUT2D eigenvalue weighted by molar-refractivity contribution is -0.384. The van der Waals surface area contributed by atoms with Crippen LogP contribution in [0.5, 0.6) is 0 Å². The molecule has 0 aliphatic carbocycles. The predicted molar refractivity (Wildman–Crippen MR) is 80.8 cm³/mol. The average molecular weight is 289 g/mol. The molecule has 1 saturated heterocycles. The van der Waals surface area contributed by atoms with Gasteiger partial charge in [-0.2, -0.15) is 0 Å². The first-order valence-corrected chi connectivity index (χ1v) is 7.09. The second-order valence-electron chi connectivity index (χ2n) is 5.06. The van der Waals surface area contributed by atoms with E-state index in [0.29, 0.717) is 18.2 Å². The molecule has 0 radical (unpaired) electrons. The van der Waals surface area contributed by atoms with Crippen LogP contribution in [0.2, 0.25) is 0 Å². The van der Waals surface area contributed by atoms with Gasteiger partial charge in [-0.05, 0) is 37.4 Å². The fourth-order valence-corrected chi connectivity index (χ4v) is 2.35. The quantitative estimate of drug-likeness (QED) is 0.475. The minimum Gasteiger partial charge on any atom is -0.352 e. The van der Waals surface area contributed by atoms with Gasteiger partial charge in [0.05, 0.1) is 4.92 Å². The molecule has 1 aliphatic heterocycles. The van der Waals surface area contributed by atoms with Gasteiger partial charge in [0, 0.05) is 30.8 Å². The maximum atomic E-state index is 11.7. The number of hydrogen-bond donors (Lipinski definition) is 2. The Kier molecular flexibility index (Phi) is 5.45. The van der Waals surface area contributed by atoms with Crippen molar-refractivity contribution in [3.05, 3.63) is 46.0 Å². The van der Waals surface area contributed by atoms with Crippen LogP contribution in [-0.2, 0) is 4.79 Å². The molecule has 0 aromatic heterocycles. The molecule has 6 nitrogen and oxygen atoms in total. The Labute approximate surface area is 123 Å².